The van der Waals surface area contributed by atoms with Gasteiger partial charge in [0.25, 0.3) is 5.91 Å². The molecule has 1 aliphatic rings. The summed E-state index contributed by atoms with van der Waals surface area (Å²) >= 11 is 1.11. The van der Waals surface area contributed by atoms with Gasteiger partial charge in [-0.15, -0.1) is 0 Å². The van der Waals surface area contributed by atoms with Crippen LogP contribution in [0.4, 0.5) is 4.39 Å². The lowest BCUT2D eigenvalue weighted by atomic mass is 10.2. The number of ether oxygens (including phenoxy) is 1. The lowest BCUT2D eigenvalue weighted by Gasteiger charge is -2.07. The molecule has 0 atom stereocenters. The van der Waals surface area contributed by atoms with Gasteiger partial charge in [0, 0.05) is 6.92 Å². The molecule has 2 aromatic carbocycles. The van der Waals surface area contributed by atoms with Crippen molar-refractivity contribution in [1.82, 2.24) is 5.32 Å². The molecule has 0 radical (unpaired) electrons. The third kappa shape index (κ3) is 4.80. The number of nitrogens with one attached hydrogen (secondary N) is 1. The monoisotopic (exact) mass is 370 g/mol. The second-order valence-electron chi connectivity index (χ2n) is 5.51. The Balaban J connectivity index is 1.68. The summed E-state index contributed by atoms with van der Waals surface area (Å²) in [6.07, 6.45) is 1.68. The number of aliphatic imine (C=N–C) groups is 1. The van der Waals surface area contributed by atoms with E-state index in [1.54, 1.807) is 36.4 Å². The number of benzene rings is 2. The summed E-state index contributed by atoms with van der Waals surface area (Å²) in [6, 6.07) is 13.4. The molecule has 5 nitrogen and oxygen atoms in total. The first-order valence-corrected chi connectivity index (χ1v) is 8.59. The number of rotatable bonds is 4. The summed E-state index contributed by atoms with van der Waals surface area (Å²) in [5.41, 5.74) is 1.49. The first-order chi connectivity index (χ1) is 12.5. The van der Waals surface area contributed by atoms with Gasteiger partial charge in [0.15, 0.2) is 5.17 Å². The summed E-state index contributed by atoms with van der Waals surface area (Å²) in [6.45, 7) is 1.59. The molecule has 0 bridgehead atoms. The molecule has 0 saturated carbocycles. The van der Waals surface area contributed by atoms with Crippen LogP contribution >= 0.6 is 11.8 Å². The molecule has 3 rings (SSSR count). The fourth-order valence-corrected chi connectivity index (χ4v) is 3.11. The minimum atomic E-state index is -0.398. The molecule has 1 N–H and O–H groups in total. The molecule has 132 valence electrons. The van der Waals surface area contributed by atoms with Gasteiger partial charge in [-0.1, -0.05) is 24.3 Å². The van der Waals surface area contributed by atoms with Crippen LogP contribution in [0.15, 0.2) is 58.4 Å². The van der Waals surface area contributed by atoms with Crippen LogP contribution < -0.4 is 10.1 Å². The minimum Gasteiger partial charge on any atom is -0.489 e. The van der Waals surface area contributed by atoms with Crippen molar-refractivity contribution in [3.63, 3.8) is 0 Å². The average molecular weight is 370 g/mol. The Morgan fingerprint density at radius 2 is 2.08 bits per heavy atom. The highest BCUT2D eigenvalue weighted by molar-refractivity contribution is 8.18. The molecule has 1 heterocycles. The maximum Gasteiger partial charge on any atom is 0.286 e. The van der Waals surface area contributed by atoms with Crippen molar-refractivity contribution in [2.45, 2.75) is 13.5 Å². The molecule has 26 heavy (non-hydrogen) atoms. The van der Waals surface area contributed by atoms with Crippen LogP contribution in [0.25, 0.3) is 6.08 Å². The molecule has 0 saturated heterocycles. The van der Waals surface area contributed by atoms with Crippen LogP contribution in [-0.4, -0.2) is 17.0 Å². The number of hydrogen-bond acceptors (Lipinski definition) is 4. The minimum absolute atomic E-state index is 0.237. The van der Waals surface area contributed by atoms with Gasteiger partial charge in [0.1, 0.15) is 18.2 Å². The fourth-order valence-electron chi connectivity index (χ4n) is 2.25. The summed E-state index contributed by atoms with van der Waals surface area (Å²) in [5.74, 6) is -0.388. The standard InChI is InChI=1S/C19H15FN2O3S/c1-12(23)21-19-22-18(24)17(26-19)10-13-4-3-7-16(9-13)25-11-14-5-2-6-15(20)8-14/h2-10H,11H2,1H3,(H,21,22,23,24)/b17-10-. The van der Waals surface area contributed by atoms with E-state index in [1.165, 1.54) is 19.1 Å². The number of amides is 2. The highest BCUT2D eigenvalue weighted by atomic mass is 32.2. The molecule has 2 aromatic rings. The van der Waals surface area contributed by atoms with Gasteiger partial charge >= 0.3 is 0 Å². The van der Waals surface area contributed by atoms with Crippen molar-refractivity contribution in [3.8, 4) is 5.75 Å². The van der Waals surface area contributed by atoms with E-state index in [0.29, 0.717) is 10.7 Å². The highest BCUT2D eigenvalue weighted by Gasteiger charge is 2.22. The van der Waals surface area contributed by atoms with E-state index >= 15 is 0 Å². The van der Waals surface area contributed by atoms with Gasteiger partial charge in [0.2, 0.25) is 5.91 Å². The quantitative estimate of drug-likeness (QED) is 0.837. The zero-order chi connectivity index (χ0) is 18.5. The molecule has 0 unspecified atom stereocenters. The Labute approximate surface area is 154 Å². The summed E-state index contributed by atoms with van der Waals surface area (Å²) in [4.78, 5) is 27.2. The predicted molar refractivity (Wildman–Crippen MR) is 99.0 cm³/mol. The van der Waals surface area contributed by atoms with Crippen molar-refractivity contribution in [2.24, 2.45) is 4.99 Å². The fraction of sp³-hybridized carbons (Fsp3) is 0.105. The van der Waals surface area contributed by atoms with Crippen LogP contribution in [-0.2, 0) is 16.2 Å². The number of nitrogens with zero attached hydrogens (tertiary/aromatic N) is 1. The van der Waals surface area contributed by atoms with Crippen LogP contribution in [0, 0.1) is 5.82 Å². The molecule has 0 spiro atoms. The van der Waals surface area contributed by atoms with Gasteiger partial charge in [-0.3, -0.25) is 9.59 Å². The molecule has 1 aliphatic heterocycles. The van der Waals surface area contributed by atoms with E-state index in [2.05, 4.69) is 10.3 Å². The van der Waals surface area contributed by atoms with E-state index in [-0.39, 0.29) is 23.5 Å². The topological polar surface area (TPSA) is 67.8 Å². The smallest absolute Gasteiger partial charge is 0.286 e. The van der Waals surface area contributed by atoms with E-state index < -0.39 is 5.91 Å². The molecule has 2 amide bonds. The maximum absolute atomic E-state index is 13.2. The molecular formula is C19H15FN2O3S. The van der Waals surface area contributed by atoms with Gasteiger partial charge in [-0.25, -0.2) is 4.39 Å². The molecule has 0 aromatic heterocycles. The number of halogens is 1. The van der Waals surface area contributed by atoms with Crippen molar-refractivity contribution in [1.29, 1.82) is 0 Å². The predicted octanol–water partition coefficient (Wildman–Crippen LogP) is 3.51. The van der Waals surface area contributed by atoms with Crippen molar-refractivity contribution in [2.75, 3.05) is 0 Å². The second kappa shape index (κ2) is 7.97. The Morgan fingerprint density at radius 3 is 2.85 bits per heavy atom. The van der Waals surface area contributed by atoms with E-state index in [1.807, 2.05) is 6.07 Å². The second-order valence-corrected chi connectivity index (χ2v) is 6.54. The average Bonchev–Trinajstić information content (AvgIpc) is 2.92. The Kier molecular flexibility index (Phi) is 5.48. The molecular weight excluding hydrogens is 355 g/mol. The maximum atomic E-state index is 13.2. The van der Waals surface area contributed by atoms with E-state index in [4.69, 9.17) is 4.74 Å². The molecule has 0 fully saturated rings. The van der Waals surface area contributed by atoms with E-state index in [0.717, 1.165) is 22.9 Å². The van der Waals surface area contributed by atoms with Crippen LogP contribution in [0.5, 0.6) is 5.75 Å². The number of amidine groups is 1. The molecule has 0 aliphatic carbocycles. The van der Waals surface area contributed by atoms with Crippen molar-refractivity contribution >= 4 is 34.8 Å². The van der Waals surface area contributed by atoms with Crippen molar-refractivity contribution < 1.29 is 18.7 Å². The Bertz CT molecular complexity index is 925. The lowest BCUT2D eigenvalue weighted by molar-refractivity contribution is -0.117. The van der Waals surface area contributed by atoms with Crippen LogP contribution in [0.3, 0.4) is 0 Å². The third-order valence-corrected chi connectivity index (χ3v) is 4.25. The zero-order valence-corrected chi connectivity index (χ0v) is 14.7. The zero-order valence-electron chi connectivity index (χ0n) is 13.9. The Morgan fingerprint density at radius 1 is 1.27 bits per heavy atom. The number of thioether (sulfide) groups is 1. The van der Waals surface area contributed by atoms with E-state index in [9.17, 15) is 14.0 Å². The number of carbonyl (C=O) groups is 2. The van der Waals surface area contributed by atoms with Gasteiger partial charge in [0.05, 0.1) is 4.91 Å². The largest absolute Gasteiger partial charge is 0.489 e. The van der Waals surface area contributed by atoms with Gasteiger partial charge in [-0.2, -0.15) is 4.99 Å². The lowest BCUT2D eigenvalue weighted by Crippen LogP contribution is -2.23. The normalized spacial score (nSPS) is 15.1. The van der Waals surface area contributed by atoms with Gasteiger partial charge in [-0.05, 0) is 53.2 Å². The number of carbonyl (C=O) groups excluding carboxylic acids is 2. The summed E-state index contributed by atoms with van der Waals surface area (Å²) in [7, 11) is 0. The molecule has 7 heteroatoms. The SMILES string of the molecule is CC(=O)NC1=NC(=O)/C(=C/c2cccc(OCc3cccc(F)c3)c2)S1. The highest BCUT2D eigenvalue weighted by Crippen LogP contribution is 2.28. The Hall–Kier alpha value is -2.93. The van der Waals surface area contributed by atoms with Crippen molar-refractivity contribution in [3.05, 3.63) is 70.4 Å². The van der Waals surface area contributed by atoms with Crippen LogP contribution in [0.2, 0.25) is 0 Å². The first-order valence-electron chi connectivity index (χ1n) is 7.77. The van der Waals surface area contributed by atoms with Crippen LogP contribution in [0.1, 0.15) is 18.1 Å². The first kappa shape index (κ1) is 17.9. The third-order valence-electron chi connectivity index (χ3n) is 3.35. The summed E-state index contributed by atoms with van der Waals surface area (Å²) in [5, 5.41) is 2.77. The number of hydrogen-bond donors (Lipinski definition) is 1. The summed E-state index contributed by atoms with van der Waals surface area (Å²) < 4.78 is 18.9. The van der Waals surface area contributed by atoms with Gasteiger partial charge < -0.3 is 10.1 Å².